The summed E-state index contributed by atoms with van der Waals surface area (Å²) in [5, 5.41) is 19.1. The van der Waals surface area contributed by atoms with Crippen LogP contribution >= 0.6 is 15.9 Å². The van der Waals surface area contributed by atoms with Crippen LogP contribution < -0.4 is 4.74 Å². The average molecular weight is 297 g/mol. The van der Waals surface area contributed by atoms with Gasteiger partial charge in [0.05, 0.1) is 7.11 Å². The van der Waals surface area contributed by atoms with E-state index in [1.54, 1.807) is 18.2 Å². The molecule has 2 rings (SSSR count). The number of nitrogens with zero attached hydrogens (tertiary/aromatic N) is 2. The molecule has 2 aromatic rings. The SMILES string of the molecule is COc1c(O)nc(-c2cccc(Br)c2)nc1O. The van der Waals surface area contributed by atoms with E-state index >= 15 is 0 Å². The smallest absolute Gasteiger partial charge is 0.262 e. The van der Waals surface area contributed by atoms with Crippen LogP contribution in [-0.4, -0.2) is 27.3 Å². The Hall–Kier alpha value is -1.82. The second-order valence-corrected chi connectivity index (χ2v) is 4.15. The van der Waals surface area contributed by atoms with Crippen molar-refractivity contribution in [2.24, 2.45) is 0 Å². The Labute approximate surface area is 106 Å². The first kappa shape index (κ1) is 11.7. The van der Waals surface area contributed by atoms with Crippen molar-refractivity contribution < 1.29 is 14.9 Å². The second kappa shape index (κ2) is 4.58. The van der Waals surface area contributed by atoms with Crippen LogP contribution in [0.1, 0.15) is 0 Å². The topological polar surface area (TPSA) is 75.5 Å². The summed E-state index contributed by atoms with van der Waals surface area (Å²) in [6.45, 7) is 0. The Morgan fingerprint density at radius 1 is 1.18 bits per heavy atom. The highest BCUT2D eigenvalue weighted by Gasteiger charge is 2.14. The molecule has 1 heterocycles. The second-order valence-electron chi connectivity index (χ2n) is 3.24. The monoisotopic (exact) mass is 296 g/mol. The number of halogens is 1. The molecule has 0 aliphatic rings. The molecule has 0 unspecified atom stereocenters. The van der Waals surface area contributed by atoms with E-state index in [0.29, 0.717) is 5.56 Å². The molecule has 0 spiro atoms. The van der Waals surface area contributed by atoms with E-state index in [2.05, 4.69) is 25.9 Å². The molecule has 0 saturated carbocycles. The molecule has 0 bridgehead atoms. The van der Waals surface area contributed by atoms with E-state index in [9.17, 15) is 10.2 Å². The maximum absolute atomic E-state index is 9.55. The lowest BCUT2D eigenvalue weighted by molar-refractivity contribution is 0.328. The summed E-state index contributed by atoms with van der Waals surface area (Å²) in [6.07, 6.45) is 0. The maximum Gasteiger partial charge on any atom is 0.262 e. The van der Waals surface area contributed by atoms with Gasteiger partial charge in [-0.1, -0.05) is 28.1 Å². The summed E-state index contributed by atoms with van der Waals surface area (Å²) in [6, 6.07) is 7.21. The van der Waals surface area contributed by atoms with Gasteiger partial charge in [0.1, 0.15) is 0 Å². The van der Waals surface area contributed by atoms with Gasteiger partial charge in [-0.3, -0.25) is 0 Å². The fourth-order valence-electron chi connectivity index (χ4n) is 1.37. The molecule has 1 aromatic carbocycles. The van der Waals surface area contributed by atoms with Crippen molar-refractivity contribution in [2.45, 2.75) is 0 Å². The summed E-state index contributed by atoms with van der Waals surface area (Å²) in [7, 11) is 1.32. The molecule has 88 valence electrons. The molecule has 0 amide bonds. The van der Waals surface area contributed by atoms with Crippen molar-refractivity contribution >= 4 is 15.9 Å². The molecule has 0 atom stereocenters. The van der Waals surface area contributed by atoms with E-state index in [4.69, 9.17) is 4.74 Å². The van der Waals surface area contributed by atoms with Gasteiger partial charge in [0.2, 0.25) is 5.75 Å². The Kier molecular flexibility index (Phi) is 3.14. The lowest BCUT2D eigenvalue weighted by Crippen LogP contribution is -1.94. The van der Waals surface area contributed by atoms with Crippen molar-refractivity contribution in [1.29, 1.82) is 0 Å². The number of ether oxygens (including phenoxy) is 1. The molecule has 0 fully saturated rings. The van der Waals surface area contributed by atoms with Crippen LogP contribution in [0.15, 0.2) is 28.7 Å². The van der Waals surface area contributed by atoms with Crippen molar-refractivity contribution in [1.82, 2.24) is 9.97 Å². The van der Waals surface area contributed by atoms with Crippen molar-refractivity contribution in [3.8, 4) is 28.9 Å². The first-order valence-corrected chi connectivity index (χ1v) is 5.51. The average Bonchev–Trinajstić information content (AvgIpc) is 2.28. The number of methoxy groups -OCH3 is 1. The van der Waals surface area contributed by atoms with Crippen LogP contribution in [0.5, 0.6) is 17.5 Å². The minimum Gasteiger partial charge on any atom is -0.490 e. The van der Waals surface area contributed by atoms with Gasteiger partial charge in [-0.05, 0) is 12.1 Å². The zero-order valence-electron chi connectivity index (χ0n) is 8.88. The third-order valence-electron chi connectivity index (χ3n) is 2.12. The summed E-state index contributed by atoms with van der Waals surface area (Å²) in [5.41, 5.74) is 0.674. The van der Waals surface area contributed by atoms with Gasteiger partial charge in [0.25, 0.3) is 11.8 Å². The maximum atomic E-state index is 9.55. The van der Waals surface area contributed by atoms with Crippen LogP contribution in [0.25, 0.3) is 11.4 Å². The molecule has 17 heavy (non-hydrogen) atoms. The summed E-state index contributed by atoms with van der Waals surface area (Å²) < 4.78 is 5.61. The first-order valence-electron chi connectivity index (χ1n) is 4.71. The van der Waals surface area contributed by atoms with E-state index in [0.717, 1.165) is 4.47 Å². The van der Waals surface area contributed by atoms with Crippen LogP contribution in [0.2, 0.25) is 0 Å². The molecule has 2 N–H and O–H groups in total. The van der Waals surface area contributed by atoms with Crippen LogP contribution in [0.4, 0.5) is 0 Å². The van der Waals surface area contributed by atoms with Gasteiger partial charge in [-0.15, -0.1) is 0 Å². The number of benzene rings is 1. The largest absolute Gasteiger partial charge is 0.490 e. The Balaban J connectivity index is 2.54. The predicted octanol–water partition coefficient (Wildman–Crippen LogP) is 2.33. The lowest BCUT2D eigenvalue weighted by atomic mass is 10.2. The number of hydrogen-bond donors (Lipinski definition) is 2. The quantitative estimate of drug-likeness (QED) is 0.889. The van der Waals surface area contributed by atoms with Gasteiger partial charge in [-0.25, -0.2) is 0 Å². The molecular weight excluding hydrogens is 288 g/mol. The van der Waals surface area contributed by atoms with Gasteiger partial charge in [0.15, 0.2) is 5.82 Å². The predicted molar refractivity (Wildman–Crippen MR) is 65.0 cm³/mol. The van der Waals surface area contributed by atoms with E-state index in [1.165, 1.54) is 7.11 Å². The van der Waals surface area contributed by atoms with Crippen molar-refractivity contribution in [3.63, 3.8) is 0 Å². The van der Waals surface area contributed by atoms with Crippen LogP contribution in [0, 0.1) is 0 Å². The first-order chi connectivity index (χ1) is 8.11. The minimum atomic E-state index is -0.394. The Bertz CT molecular complexity index is 537. The number of aromatic hydroxyl groups is 2. The summed E-state index contributed by atoms with van der Waals surface area (Å²) in [4.78, 5) is 7.71. The Morgan fingerprint density at radius 3 is 2.35 bits per heavy atom. The third-order valence-corrected chi connectivity index (χ3v) is 2.61. The van der Waals surface area contributed by atoms with Crippen LogP contribution in [-0.2, 0) is 0 Å². The Morgan fingerprint density at radius 2 is 1.82 bits per heavy atom. The number of hydrogen-bond acceptors (Lipinski definition) is 5. The van der Waals surface area contributed by atoms with Gasteiger partial charge in [0, 0.05) is 10.0 Å². The normalized spacial score (nSPS) is 10.2. The molecular formula is C11H9BrN2O3. The van der Waals surface area contributed by atoms with Crippen LogP contribution in [0.3, 0.4) is 0 Å². The van der Waals surface area contributed by atoms with E-state index in [1.807, 2.05) is 6.07 Å². The molecule has 0 radical (unpaired) electrons. The van der Waals surface area contributed by atoms with Gasteiger partial charge < -0.3 is 14.9 Å². The highest BCUT2D eigenvalue weighted by molar-refractivity contribution is 9.10. The number of aromatic nitrogens is 2. The summed E-state index contributed by atoms with van der Waals surface area (Å²) >= 11 is 3.32. The highest BCUT2D eigenvalue weighted by atomic mass is 79.9. The van der Waals surface area contributed by atoms with Gasteiger partial charge in [-0.2, -0.15) is 9.97 Å². The lowest BCUT2D eigenvalue weighted by Gasteiger charge is -2.06. The molecule has 1 aromatic heterocycles. The molecule has 6 heteroatoms. The zero-order valence-corrected chi connectivity index (χ0v) is 10.5. The fraction of sp³-hybridized carbons (Fsp3) is 0.0909. The zero-order chi connectivity index (χ0) is 12.4. The standard InChI is InChI=1S/C11H9BrN2O3/c1-17-8-10(15)13-9(14-11(8)16)6-3-2-4-7(12)5-6/h2-5H,1H3,(H2,13,14,15,16). The molecule has 0 aliphatic carbocycles. The summed E-state index contributed by atoms with van der Waals surface area (Å²) in [5.74, 6) is -0.698. The number of rotatable bonds is 2. The third kappa shape index (κ3) is 2.31. The van der Waals surface area contributed by atoms with Crippen molar-refractivity contribution in [2.75, 3.05) is 7.11 Å². The minimum absolute atomic E-state index is 0.135. The fourth-order valence-corrected chi connectivity index (χ4v) is 1.77. The van der Waals surface area contributed by atoms with Gasteiger partial charge >= 0.3 is 0 Å². The van der Waals surface area contributed by atoms with E-state index < -0.39 is 11.8 Å². The highest BCUT2D eigenvalue weighted by Crippen LogP contribution is 2.34. The molecule has 0 saturated heterocycles. The molecule has 0 aliphatic heterocycles. The van der Waals surface area contributed by atoms with Crippen molar-refractivity contribution in [3.05, 3.63) is 28.7 Å². The molecule has 5 nitrogen and oxygen atoms in total. The van der Waals surface area contributed by atoms with E-state index in [-0.39, 0.29) is 11.6 Å².